The molecule has 0 rings (SSSR count). The molecule has 0 spiro atoms. The standard InChI is InChI=1S/C5H12OSi/c1-3-6-4-5(2)7/h2-4H2,1,7H3. The second-order valence-corrected chi connectivity index (χ2v) is 3.01. The highest BCUT2D eigenvalue weighted by atomic mass is 28.1. The zero-order chi connectivity index (χ0) is 5.70. The van der Waals surface area contributed by atoms with Gasteiger partial charge in [-0.25, -0.2) is 0 Å². The van der Waals surface area contributed by atoms with E-state index in [1.807, 2.05) is 6.92 Å². The Morgan fingerprint density at radius 2 is 2.43 bits per heavy atom. The maximum atomic E-state index is 5.03. The van der Waals surface area contributed by atoms with E-state index in [-0.39, 0.29) is 0 Å². The molecular formula is C5H12OSi. The summed E-state index contributed by atoms with van der Waals surface area (Å²) < 4.78 is 5.03. The second-order valence-electron chi connectivity index (χ2n) is 1.59. The van der Waals surface area contributed by atoms with Crippen LogP contribution < -0.4 is 0 Å². The molecule has 7 heavy (non-hydrogen) atoms. The van der Waals surface area contributed by atoms with Crippen LogP contribution in [0.3, 0.4) is 0 Å². The zero-order valence-corrected chi connectivity index (χ0v) is 7.03. The Morgan fingerprint density at radius 3 is 2.57 bits per heavy atom. The summed E-state index contributed by atoms with van der Waals surface area (Å²) in [4.78, 5) is 0. The van der Waals surface area contributed by atoms with E-state index in [1.54, 1.807) is 0 Å². The molecule has 0 amide bonds. The van der Waals surface area contributed by atoms with Crippen LogP contribution >= 0.6 is 0 Å². The monoisotopic (exact) mass is 116 g/mol. The Hall–Kier alpha value is -0.0831. The van der Waals surface area contributed by atoms with Gasteiger partial charge in [0.05, 0.1) is 6.61 Å². The molecule has 0 saturated heterocycles. The normalized spacial score (nSPS) is 9.29. The van der Waals surface area contributed by atoms with Crippen molar-refractivity contribution in [3.05, 3.63) is 11.8 Å². The summed E-state index contributed by atoms with van der Waals surface area (Å²) in [7, 11) is 1.06. The summed E-state index contributed by atoms with van der Waals surface area (Å²) in [5.41, 5.74) is 0. The minimum atomic E-state index is 0.767. The summed E-state index contributed by atoms with van der Waals surface area (Å²) in [5.74, 6) is 0. The summed E-state index contributed by atoms with van der Waals surface area (Å²) in [6, 6.07) is 0. The van der Waals surface area contributed by atoms with Crippen LogP contribution in [0, 0.1) is 0 Å². The van der Waals surface area contributed by atoms with Gasteiger partial charge in [0.1, 0.15) is 0 Å². The summed E-state index contributed by atoms with van der Waals surface area (Å²) in [6.45, 7) is 7.29. The van der Waals surface area contributed by atoms with Crippen molar-refractivity contribution in [1.29, 1.82) is 0 Å². The smallest absolute Gasteiger partial charge is 0.0629 e. The summed E-state index contributed by atoms with van der Waals surface area (Å²) in [6.07, 6.45) is 0. The first kappa shape index (κ1) is 6.92. The van der Waals surface area contributed by atoms with Crippen molar-refractivity contribution < 1.29 is 4.74 Å². The molecule has 0 aliphatic carbocycles. The van der Waals surface area contributed by atoms with Gasteiger partial charge in [0.15, 0.2) is 0 Å². The molecule has 0 atom stereocenters. The van der Waals surface area contributed by atoms with Gasteiger partial charge in [-0.3, -0.25) is 0 Å². The molecule has 0 aliphatic heterocycles. The van der Waals surface area contributed by atoms with Crippen LogP contribution in [0.5, 0.6) is 0 Å². The summed E-state index contributed by atoms with van der Waals surface area (Å²) in [5, 5.41) is 1.22. The van der Waals surface area contributed by atoms with Crippen molar-refractivity contribution in [2.45, 2.75) is 6.92 Å². The van der Waals surface area contributed by atoms with Crippen LogP contribution in [0.25, 0.3) is 0 Å². The Kier molecular flexibility index (Phi) is 4.04. The second kappa shape index (κ2) is 4.09. The molecule has 0 saturated carbocycles. The van der Waals surface area contributed by atoms with E-state index in [2.05, 4.69) is 6.58 Å². The van der Waals surface area contributed by atoms with E-state index in [0.29, 0.717) is 0 Å². The largest absolute Gasteiger partial charge is 0.378 e. The van der Waals surface area contributed by atoms with Gasteiger partial charge < -0.3 is 4.74 Å². The fourth-order valence-corrected chi connectivity index (χ4v) is 0.480. The van der Waals surface area contributed by atoms with Crippen LogP contribution in [0.2, 0.25) is 0 Å². The van der Waals surface area contributed by atoms with Crippen molar-refractivity contribution in [3.8, 4) is 0 Å². The SMILES string of the molecule is C=C([SiH3])COCC. The molecule has 0 N–H and O–H groups in total. The number of ether oxygens (including phenoxy) is 1. The van der Waals surface area contributed by atoms with Crippen molar-refractivity contribution in [2.24, 2.45) is 0 Å². The molecule has 0 aliphatic rings. The first-order valence-corrected chi connectivity index (χ1v) is 3.49. The Bertz CT molecular complexity index is 61.1. The third-order valence-electron chi connectivity index (χ3n) is 0.553. The first-order chi connectivity index (χ1) is 3.27. The predicted molar refractivity (Wildman–Crippen MR) is 35.6 cm³/mol. The maximum Gasteiger partial charge on any atom is 0.0629 e. The Morgan fingerprint density at radius 1 is 1.86 bits per heavy atom. The third kappa shape index (κ3) is 5.92. The van der Waals surface area contributed by atoms with Crippen LogP contribution in [0.4, 0.5) is 0 Å². The molecule has 0 aromatic rings. The van der Waals surface area contributed by atoms with Crippen LogP contribution in [-0.2, 0) is 4.74 Å². The van der Waals surface area contributed by atoms with Crippen molar-refractivity contribution >= 4 is 10.2 Å². The third-order valence-corrected chi connectivity index (χ3v) is 0.841. The molecule has 0 aromatic heterocycles. The molecule has 2 heteroatoms. The van der Waals surface area contributed by atoms with Crippen LogP contribution in [0.15, 0.2) is 11.8 Å². The molecule has 1 nitrogen and oxygen atoms in total. The number of rotatable bonds is 3. The van der Waals surface area contributed by atoms with E-state index in [9.17, 15) is 0 Å². The highest BCUT2D eigenvalue weighted by molar-refractivity contribution is 6.21. The molecule has 0 aromatic carbocycles. The minimum Gasteiger partial charge on any atom is -0.378 e. The number of hydrogen-bond donors (Lipinski definition) is 0. The Balaban J connectivity index is 2.82. The summed E-state index contributed by atoms with van der Waals surface area (Å²) >= 11 is 0. The maximum absolute atomic E-state index is 5.03. The molecule has 0 radical (unpaired) electrons. The van der Waals surface area contributed by atoms with Gasteiger partial charge in [0.25, 0.3) is 0 Å². The lowest BCUT2D eigenvalue weighted by Crippen LogP contribution is -1.94. The fraction of sp³-hybridized carbons (Fsp3) is 0.600. The van der Waals surface area contributed by atoms with E-state index in [4.69, 9.17) is 4.74 Å². The van der Waals surface area contributed by atoms with Gasteiger partial charge >= 0.3 is 0 Å². The molecule has 42 valence electrons. The first-order valence-electron chi connectivity index (χ1n) is 2.49. The lowest BCUT2D eigenvalue weighted by atomic mass is 10.7. The highest BCUT2D eigenvalue weighted by Crippen LogP contribution is 1.80. The van der Waals surface area contributed by atoms with Gasteiger partial charge in [0, 0.05) is 16.8 Å². The van der Waals surface area contributed by atoms with E-state index in [0.717, 1.165) is 23.5 Å². The van der Waals surface area contributed by atoms with E-state index < -0.39 is 0 Å². The van der Waals surface area contributed by atoms with E-state index in [1.165, 1.54) is 5.20 Å². The Labute approximate surface area is 47.8 Å². The topological polar surface area (TPSA) is 9.23 Å². The molecule has 0 bridgehead atoms. The quantitative estimate of drug-likeness (QED) is 0.468. The minimum absolute atomic E-state index is 0.767. The van der Waals surface area contributed by atoms with E-state index >= 15 is 0 Å². The van der Waals surface area contributed by atoms with Crippen LogP contribution in [0.1, 0.15) is 6.92 Å². The molecular weight excluding hydrogens is 104 g/mol. The van der Waals surface area contributed by atoms with Gasteiger partial charge in [-0.1, -0.05) is 5.20 Å². The lowest BCUT2D eigenvalue weighted by Gasteiger charge is -1.95. The van der Waals surface area contributed by atoms with Crippen molar-refractivity contribution in [3.63, 3.8) is 0 Å². The lowest BCUT2D eigenvalue weighted by molar-refractivity contribution is 0.175. The van der Waals surface area contributed by atoms with Gasteiger partial charge in [-0.05, 0) is 6.92 Å². The zero-order valence-electron chi connectivity index (χ0n) is 5.03. The van der Waals surface area contributed by atoms with Crippen molar-refractivity contribution in [2.75, 3.05) is 13.2 Å². The fourth-order valence-electron chi connectivity index (χ4n) is 0.276. The van der Waals surface area contributed by atoms with Gasteiger partial charge in [-0.2, -0.15) is 0 Å². The van der Waals surface area contributed by atoms with Gasteiger partial charge in [0.2, 0.25) is 0 Å². The van der Waals surface area contributed by atoms with Gasteiger partial charge in [-0.15, -0.1) is 6.58 Å². The number of hydrogen-bond acceptors (Lipinski definition) is 1. The molecule has 0 unspecified atom stereocenters. The average Bonchev–Trinajstić information content (AvgIpc) is 1.61. The van der Waals surface area contributed by atoms with Crippen LogP contribution in [-0.4, -0.2) is 23.5 Å². The molecule has 0 heterocycles. The molecule has 0 fully saturated rings. The average molecular weight is 116 g/mol. The predicted octanol–water partition coefficient (Wildman–Crippen LogP) is -0.0980. The van der Waals surface area contributed by atoms with Crippen molar-refractivity contribution in [1.82, 2.24) is 0 Å². The highest BCUT2D eigenvalue weighted by Gasteiger charge is 1.79.